The molecule has 0 N–H and O–H groups in total. The molecular formula is C18H24N6OSn. The number of anilines is 1. The van der Waals surface area contributed by atoms with Gasteiger partial charge in [0.1, 0.15) is 0 Å². The van der Waals surface area contributed by atoms with E-state index in [0.717, 1.165) is 58.5 Å². The SMILES string of the molecule is Cn1c(-c2ccncc2)nc2n[c]([Sn]([CH3])([CH3])[CH3])nc(N3CCOCC3)c21. The van der Waals surface area contributed by atoms with E-state index in [1.54, 1.807) is 12.4 Å². The third-order valence-corrected chi connectivity index (χ3v) is 9.10. The fourth-order valence-corrected chi connectivity index (χ4v) is 5.70. The fourth-order valence-electron chi connectivity index (χ4n) is 3.18. The van der Waals surface area contributed by atoms with Crippen LogP contribution < -0.4 is 8.74 Å². The summed E-state index contributed by atoms with van der Waals surface area (Å²) in [5.74, 6) is 1.89. The number of rotatable bonds is 3. The number of ether oxygens (including phenoxy) is 1. The van der Waals surface area contributed by atoms with Crippen LogP contribution in [0.5, 0.6) is 0 Å². The van der Waals surface area contributed by atoms with Gasteiger partial charge in [0.05, 0.1) is 0 Å². The van der Waals surface area contributed by atoms with E-state index in [-0.39, 0.29) is 0 Å². The van der Waals surface area contributed by atoms with Gasteiger partial charge in [-0.05, 0) is 0 Å². The van der Waals surface area contributed by atoms with Crippen LogP contribution in [0.3, 0.4) is 0 Å². The summed E-state index contributed by atoms with van der Waals surface area (Å²) in [5, 5.41) is 0. The van der Waals surface area contributed by atoms with Crippen molar-refractivity contribution in [1.29, 1.82) is 0 Å². The molecule has 1 fully saturated rings. The van der Waals surface area contributed by atoms with Crippen molar-refractivity contribution >= 4 is 39.2 Å². The van der Waals surface area contributed by atoms with Crippen LogP contribution >= 0.6 is 0 Å². The molecule has 3 aromatic heterocycles. The van der Waals surface area contributed by atoms with Gasteiger partial charge in [-0.2, -0.15) is 0 Å². The Morgan fingerprint density at radius 2 is 1.69 bits per heavy atom. The first-order chi connectivity index (χ1) is 12.4. The van der Waals surface area contributed by atoms with Gasteiger partial charge >= 0.3 is 157 Å². The standard InChI is InChI=1S/C15H15N6O.3CH3.Sn/c1-20-12-13(19-14(20)11-2-4-16-5-3-11)17-10-18-15(12)21-6-8-22-9-7-21;;;;/h2-5H,6-9H2,1H3;3*1H3;. The summed E-state index contributed by atoms with van der Waals surface area (Å²) in [5.41, 5.74) is 2.82. The van der Waals surface area contributed by atoms with Gasteiger partial charge in [-0.25, -0.2) is 0 Å². The van der Waals surface area contributed by atoms with Crippen molar-refractivity contribution in [3.8, 4) is 11.4 Å². The summed E-state index contributed by atoms with van der Waals surface area (Å²) in [6.07, 6.45) is 3.58. The van der Waals surface area contributed by atoms with Crippen molar-refractivity contribution in [3.05, 3.63) is 24.5 Å². The predicted octanol–water partition coefficient (Wildman–Crippen LogP) is 1.81. The van der Waals surface area contributed by atoms with Gasteiger partial charge in [-0.3, -0.25) is 0 Å². The molecule has 0 aromatic carbocycles. The Labute approximate surface area is 157 Å². The van der Waals surface area contributed by atoms with Crippen LogP contribution in [0.4, 0.5) is 5.82 Å². The van der Waals surface area contributed by atoms with Crippen molar-refractivity contribution in [2.45, 2.75) is 14.8 Å². The molecule has 136 valence electrons. The maximum atomic E-state index is 5.53. The predicted molar refractivity (Wildman–Crippen MR) is 106 cm³/mol. The van der Waals surface area contributed by atoms with E-state index in [2.05, 4.69) is 29.3 Å². The van der Waals surface area contributed by atoms with E-state index < -0.39 is 18.4 Å². The van der Waals surface area contributed by atoms with E-state index in [4.69, 9.17) is 19.7 Å². The van der Waals surface area contributed by atoms with Crippen LogP contribution in [0.15, 0.2) is 24.5 Å². The summed E-state index contributed by atoms with van der Waals surface area (Å²) >= 11 is -2.45. The number of imidazole rings is 1. The Bertz CT molecular complexity index is 928. The molecule has 4 rings (SSSR count). The second-order valence-electron chi connectivity index (χ2n) is 7.62. The van der Waals surface area contributed by atoms with Crippen molar-refractivity contribution in [2.24, 2.45) is 7.05 Å². The third-order valence-electron chi connectivity index (χ3n) is 4.63. The maximum absolute atomic E-state index is 5.53. The van der Waals surface area contributed by atoms with Gasteiger partial charge in [0, 0.05) is 0 Å². The van der Waals surface area contributed by atoms with Crippen LogP contribution in [-0.4, -0.2) is 69.2 Å². The van der Waals surface area contributed by atoms with E-state index in [1.165, 1.54) is 0 Å². The Morgan fingerprint density at radius 3 is 2.35 bits per heavy atom. The molecule has 4 heterocycles. The molecule has 0 saturated carbocycles. The zero-order valence-electron chi connectivity index (χ0n) is 15.7. The molecule has 26 heavy (non-hydrogen) atoms. The topological polar surface area (TPSA) is 69.0 Å². The van der Waals surface area contributed by atoms with Gasteiger partial charge in [0.2, 0.25) is 0 Å². The zero-order chi connectivity index (χ0) is 18.3. The summed E-state index contributed by atoms with van der Waals surface area (Å²) in [6.45, 7) is 3.16. The zero-order valence-corrected chi connectivity index (χ0v) is 18.6. The van der Waals surface area contributed by atoms with Crippen molar-refractivity contribution < 1.29 is 4.74 Å². The Morgan fingerprint density at radius 1 is 1.00 bits per heavy atom. The average molecular weight is 459 g/mol. The number of hydrogen-bond acceptors (Lipinski definition) is 6. The van der Waals surface area contributed by atoms with Crippen molar-refractivity contribution in [1.82, 2.24) is 24.5 Å². The summed E-state index contributed by atoms with van der Waals surface area (Å²) in [4.78, 5) is 28.2. The first-order valence-corrected chi connectivity index (χ1v) is 18.9. The van der Waals surface area contributed by atoms with Crippen molar-refractivity contribution in [2.75, 3.05) is 31.2 Å². The Hall–Kier alpha value is -1.74. The second kappa shape index (κ2) is 6.77. The van der Waals surface area contributed by atoms with Crippen LogP contribution in [0.1, 0.15) is 0 Å². The van der Waals surface area contributed by atoms with E-state index in [1.807, 2.05) is 19.2 Å². The molecule has 0 amide bonds. The number of morpholine rings is 1. The molecule has 1 aliphatic heterocycles. The summed E-state index contributed by atoms with van der Waals surface area (Å²) < 4.78 is 8.66. The Balaban J connectivity index is 1.96. The van der Waals surface area contributed by atoms with Gasteiger partial charge in [0.25, 0.3) is 0 Å². The van der Waals surface area contributed by atoms with Gasteiger partial charge in [0.15, 0.2) is 0 Å². The summed E-state index contributed by atoms with van der Waals surface area (Å²) in [7, 11) is 2.04. The molecule has 0 radical (unpaired) electrons. The Kier molecular flexibility index (Phi) is 4.60. The fraction of sp³-hybridized carbons (Fsp3) is 0.444. The molecular weight excluding hydrogens is 435 g/mol. The van der Waals surface area contributed by atoms with Crippen LogP contribution in [-0.2, 0) is 11.8 Å². The summed E-state index contributed by atoms with van der Waals surface area (Å²) in [6, 6.07) is 3.96. The molecule has 1 saturated heterocycles. The molecule has 0 bridgehead atoms. The van der Waals surface area contributed by atoms with Gasteiger partial charge in [-0.15, -0.1) is 0 Å². The van der Waals surface area contributed by atoms with Crippen molar-refractivity contribution in [3.63, 3.8) is 0 Å². The minimum absolute atomic E-state index is 0.731. The molecule has 0 atom stereocenters. The number of pyridine rings is 1. The molecule has 0 aliphatic carbocycles. The molecule has 0 spiro atoms. The second-order valence-corrected chi connectivity index (χ2v) is 21.7. The molecule has 7 nitrogen and oxygen atoms in total. The normalized spacial score (nSPS) is 15.6. The van der Waals surface area contributed by atoms with E-state index >= 15 is 0 Å². The average Bonchev–Trinajstić information content (AvgIpc) is 2.99. The number of aromatic nitrogens is 5. The van der Waals surface area contributed by atoms with Crippen LogP contribution in [0, 0.1) is 0 Å². The first kappa shape index (κ1) is 17.7. The number of fused-ring (bicyclic) bond motifs is 1. The van der Waals surface area contributed by atoms with Crippen LogP contribution in [0.2, 0.25) is 14.8 Å². The number of hydrogen-bond donors (Lipinski definition) is 0. The molecule has 8 heteroatoms. The first-order valence-electron chi connectivity index (χ1n) is 8.93. The van der Waals surface area contributed by atoms with Gasteiger partial charge < -0.3 is 0 Å². The third kappa shape index (κ3) is 3.18. The van der Waals surface area contributed by atoms with Crippen LogP contribution in [0.25, 0.3) is 22.6 Å². The molecule has 3 aromatic rings. The van der Waals surface area contributed by atoms with E-state index in [9.17, 15) is 0 Å². The number of aryl methyl sites for hydroxylation is 1. The minimum atomic E-state index is -2.45. The van der Waals surface area contributed by atoms with E-state index in [0.29, 0.717) is 0 Å². The van der Waals surface area contributed by atoms with Gasteiger partial charge in [-0.1, -0.05) is 0 Å². The quantitative estimate of drug-likeness (QED) is 0.557. The number of nitrogens with zero attached hydrogens (tertiary/aromatic N) is 6. The molecule has 1 aliphatic rings. The molecule has 0 unspecified atom stereocenters. The monoisotopic (exact) mass is 460 g/mol.